The molecule has 6 heteroatoms. The van der Waals surface area contributed by atoms with Gasteiger partial charge in [0.05, 0.1) is 26.9 Å². The maximum atomic E-state index is 13.1. The van der Waals surface area contributed by atoms with Crippen molar-refractivity contribution in [3.8, 4) is 28.7 Å². The topological polar surface area (TPSA) is 63.2 Å². The number of methoxy groups -OCH3 is 3. The van der Waals surface area contributed by atoms with Crippen molar-refractivity contribution in [2.45, 2.75) is 27.4 Å². The van der Waals surface area contributed by atoms with E-state index in [0.29, 0.717) is 46.5 Å². The van der Waals surface area contributed by atoms with Gasteiger partial charge in [-0.25, -0.2) is 0 Å². The zero-order valence-corrected chi connectivity index (χ0v) is 20.3. The fourth-order valence-corrected chi connectivity index (χ4v) is 4.01. The zero-order chi connectivity index (χ0) is 24.4. The van der Waals surface area contributed by atoms with Crippen molar-refractivity contribution in [3.05, 3.63) is 81.6 Å². The Kier molecular flexibility index (Phi) is 6.50. The second-order valence-electron chi connectivity index (χ2n) is 8.23. The second kappa shape index (κ2) is 9.51. The molecule has 0 unspecified atom stereocenters. The molecule has 34 heavy (non-hydrogen) atoms. The fraction of sp³-hybridized carbons (Fsp3) is 0.250. The third-order valence-electron chi connectivity index (χ3n) is 5.83. The van der Waals surface area contributed by atoms with Gasteiger partial charge in [-0.1, -0.05) is 23.8 Å². The Morgan fingerprint density at radius 3 is 2.21 bits per heavy atom. The molecule has 0 atom stereocenters. The smallest absolute Gasteiger partial charge is 0.232 e. The van der Waals surface area contributed by atoms with Crippen LogP contribution in [0, 0.1) is 20.8 Å². The van der Waals surface area contributed by atoms with Crippen molar-refractivity contribution in [3.63, 3.8) is 0 Å². The Bertz CT molecular complexity index is 1260. The second-order valence-corrected chi connectivity index (χ2v) is 8.23. The third kappa shape index (κ3) is 4.44. The van der Waals surface area contributed by atoms with Crippen LogP contribution in [0.25, 0.3) is 6.08 Å². The molecule has 0 aliphatic carbocycles. The summed E-state index contributed by atoms with van der Waals surface area (Å²) in [5, 5.41) is 0. The van der Waals surface area contributed by atoms with E-state index in [-0.39, 0.29) is 11.5 Å². The van der Waals surface area contributed by atoms with Crippen LogP contribution < -0.4 is 23.7 Å². The van der Waals surface area contributed by atoms with Crippen LogP contribution in [0.5, 0.6) is 28.7 Å². The molecule has 6 nitrogen and oxygen atoms in total. The minimum atomic E-state index is -0.178. The van der Waals surface area contributed by atoms with Crippen LogP contribution in [0.15, 0.2) is 48.2 Å². The molecule has 0 saturated carbocycles. The van der Waals surface area contributed by atoms with Crippen LogP contribution in [0.1, 0.15) is 38.2 Å². The van der Waals surface area contributed by atoms with E-state index in [9.17, 15) is 4.79 Å². The molecule has 1 heterocycles. The van der Waals surface area contributed by atoms with Gasteiger partial charge in [-0.2, -0.15) is 0 Å². The number of hydrogen-bond acceptors (Lipinski definition) is 6. The van der Waals surface area contributed by atoms with Crippen molar-refractivity contribution in [2.75, 3.05) is 21.3 Å². The molecule has 0 N–H and O–H groups in total. The Morgan fingerprint density at radius 1 is 0.853 bits per heavy atom. The van der Waals surface area contributed by atoms with Gasteiger partial charge in [0.25, 0.3) is 0 Å². The fourth-order valence-electron chi connectivity index (χ4n) is 4.01. The van der Waals surface area contributed by atoms with Crippen molar-refractivity contribution in [1.82, 2.24) is 0 Å². The molecule has 0 fully saturated rings. The summed E-state index contributed by atoms with van der Waals surface area (Å²) in [6, 6.07) is 13.4. The lowest BCUT2D eigenvalue weighted by Crippen LogP contribution is -2.01. The van der Waals surface area contributed by atoms with E-state index < -0.39 is 0 Å². The van der Waals surface area contributed by atoms with E-state index in [2.05, 4.69) is 32.0 Å². The number of aryl methyl sites for hydroxylation is 3. The van der Waals surface area contributed by atoms with Crippen molar-refractivity contribution >= 4 is 11.9 Å². The summed E-state index contributed by atoms with van der Waals surface area (Å²) in [5.41, 5.74) is 5.51. The van der Waals surface area contributed by atoms with Gasteiger partial charge in [0.15, 0.2) is 17.3 Å². The van der Waals surface area contributed by atoms with E-state index in [1.54, 1.807) is 45.6 Å². The Labute approximate surface area is 199 Å². The molecular weight excluding hydrogens is 432 g/mol. The molecule has 1 aliphatic heterocycles. The maximum Gasteiger partial charge on any atom is 0.232 e. The average molecular weight is 461 g/mol. The van der Waals surface area contributed by atoms with Crippen molar-refractivity contribution < 1.29 is 28.5 Å². The van der Waals surface area contributed by atoms with E-state index >= 15 is 0 Å². The van der Waals surface area contributed by atoms with Crippen molar-refractivity contribution in [2.24, 2.45) is 0 Å². The van der Waals surface area contributed by atoms with Gasteiger partial charge in [0.1, 0.15) is 18.1 Å². The molecule has 0 spiro atoms. The molecule has 0 bridgehead atoms. The van der Waals surface area contributed by atoms with Crippen molar-refractivity contribution in [1.29, 1.82) is 0 Å². The molecule has 4 rings (SSSR count). The van der Waals surface area contributed by atoms with Crippen LogP contribution in [0.3, 0.4) is 0 Å². The predicted octanol–water partition coefficient (Wildman–Crippen LogP) is 5.83. The largest absolute Gasteiger partial charge is 0.493 e. The standard InChI is InChI=1S/C28H28O6/c1-16-7-8-17(2)20(9-16)15-33-21-10-18(3)26-22(14-21)34-23(27(26)29)11-19-12-24(30-4)28(32-6)25(13-19)31-5/h7-14H,15H2,1-6H3/b23-11-. The lowest BCUT2D eigenvalue weighted by molar-refractivity contribution is 0.101. The maximum absolute atomic E-state index is 13.1. The third-order valence-corrected chi connectivity index (χ3v) is 5.83. The summed E-state index contributed by atoms with van der Waals surface area (Å²) in [7, 11) is 4.64. The predicted molar refractivity (Wildman–Crippen MR) is 130 cm³/mol. The molecule has 1 aliphatic rings. The van der Waals surface area contributed by atoms with Crippen LogP contribution in [0.4, 0.5) is 0 Å². The first-order chi connectivity index (χ1) is 16.3. The number of hydrogen-bond donors (Lipinski definition) is 0. The number of fused-ring (bicyclic) bond motifs is 1. The number of ether oxygens (including phenoxy) is 5. The molecule has 0 saturated heterocycles. The number of benzene rings is 3. The average Bonchev–Trinajstić information content (AvgIpc) is 3.14. The number of Topliss-reactive ketones (excluding diaryl/α,β-unsaturated/α-hetero) is 1. The zero-order valence-electron chi connectivity index (χ0n) is 20.3. The highest BCUT2D eigenvalue weighted by Crippen LogP contribution is 2.41. The lowest BCUT2D eigenvalue weighted by atomic mass is 10.0. The van der Waals surface area contributed by atoms with E-state index in [1.807, 2.05) is 13.0 Å². The molecule has 3 aromatic carbocycles. The number of carbonyl (C=O) groups excluding carboxylic acids is 1. The number of rotatable bonds is 7. The van der Waals surface area contributed by atoms with Gasteiger partial charge in [-0.15, -0.1) is 0 Å². The molecular formula is C28H28O6. The van der Waals surface area contributed by atoms with Gasteiger partial charge in [-0.3, -0.25) is 4.79 Å². The minimum Gasteiger partial charge on any atom is -0.493 e. The highest BCUT2D eigenvalue weighted by Gasteiger charge is 2.30. The van der Waals surface area contributed by atoms with E-state index in [1.165, 1.54) is 11.1 Å². The first-order valence-corrected chi connectivity index (χ1v) is 10.9. The normalized spacial score (nSPS) is 13.5. The monoisotopic (exact) mass is 460 g/mol. The van der Waals surface area contributed by atoms with Crippen LogP contribution in [-0.2, 0) is 6.61 Å². The summed E-state index contributed by atoms with van der Waals surface area (Å²) in [6.45, 7) is 6.44. The highest BCUT2D eigenvalue weighted by atomic mass is 16.5. The quantitative estimate of drug-likeness (QED) is 0.413. The van der Waals surface area contributed by atoms with Crippen LogP contribution in [0.2, 0.25) is 0 Å². The van der Waals surface area contributed by atoms with Gasteiger partial charge in [0, 0.05) is 6.07 Å². The molecule has 0 aromatic heterocycles. The molecule has 176 valence electrons. The van der Waals surface area contributed by atoms with Gasteiger partial charge in [-0.05, 0) is 67.3 Å². The SMILES string of the molecule is COc1cc(/C=C2\Oc3cc(OCc4cc(C)ccc4C)cc(C)c3C2=O)cc(OC)c1OC. The summed E-state index contributed by atoms with van der Waals surface area (Å²) >= 11 is 0. The summed E-state index contributed by atoms with van der Waals surface area (Å²) in [5.74, 6) is 2.65. The van der Waals surface area contributed by atoms with Crippen LogP contribution >= 0.6 is 0 Å². The van der Waals surface area contributed by atoms with Gasteiger partial charge < -0.3 is 23.7 Å². The minimum absolute atomic E-state index is 0.178. The Hall–Kier alpha value is -3.93. The van der Waals surface area contributed by atoms with E-state index in [4.69, 9.17) is 23.7 Å². The first kappa shape index (κ1) is 23.2. The number of allylic oxidation sites excluding steroid dienone is 1. The Morgan fingerprint density at radius 2 is 1.56 bits per heavy atom. The van der Waals surface area contributed by atoms with Gasteiger partial charge >= 0.3 is 0 Å². The summed E-state index contributed by atoms with van der Waals surface area (Å²) in [6.07, 6.45) is 1.67. The molecule has 0 radical (unpaired) electrons. The first-order valence-electron chi connectivity index (χ1n) is 10.9. The number of ketones is 1. The van der Waals surface area contributed by atoms with E-state index in [0.717, 1.165) is 11.1 Å². The highest BCUT2D eigenvalue weighted by molar-refractivity contribution is 6.15. The summed E-state index contributed by atoms with van der Waals surface area (Å²) < 4.78 is 28.2. The molecule has 3 aromatic rings. The number of carbonyl (C=O) groups is 1. The summed E-state index contributed by atoms with van der Waals surface area (Å²) in [4.78, 5) is 13.1. The van der Waals surface area contributed by atoms with Crippen LogP contribution in [-0.4, -0.2) is 27.1 Å². The van der Waals surface area contributed by atoms with Gasteiger partial charge in [0.2, 0.25) is 11.5 Å². The lowest BCUT2D eigenvalue weighted by Gasteiger charge is -2.13. The Balaban J connectivity index is 1.61. The molecule has 0 amide bonds.